The molecule has 0 heterocycles. The summed E-state index contributed by atoms with van der Waals surface area (Å²) in [6, 6.07) is 20.2. The average Bonchev–Trinajstić information content (AvgIpc) is 3.36. The van der Waals surface area contributed by atoms with E-state index in [0.29, 0.717) is 31.7 Å². The lowest BCUT2D eigenvalue weighted by molar-refractivity contribution is 0.0106. The zero-order valence-electron chi connectivity index (χ0n) is 13.3. The van der Waals surface area contributed by atoms with Crippen molar-refractivity contribution >= 4 is 0 Å². The second-order valence-corrected chi connectivity index (χ2v) is 6.23. The summed E-state index contributed by atoms with van der Waals surface area (Å²) >= 11 is 0. The Bertz CT molecular complexity index is 570. The summed E-state index contributed by atoms with van der Waals surface area (Å²) in [5, 5.41) is 10.2. The zero-order chi connectivity index (χ0) is 15.9. The molecule has 0 aromatic heterocycles. The number of hydrogen-bond acceptors (Lipinski definition) is 3. The highest BCUT2D eigenvalue weighted by Gasteiger charge is 2.42. The van der Waals surface area contributed by atoms with Gasteiger partial charge in [-0.25, -0.2) is 0 Å². The van der Waals surface area contributed by atoms with Gasteiger partial charge in [-0.15, -0.1) is 0 Å². The van der Waals surface area contributed by atoms with Crippen molar-refractivity contribution in [3.63, 3.8) is 0 Å². The summed E-state index contributed by atoms with van der Waals surface area (Å²) in [6.07, 6.45) is 0.647. The molecule has 3 atom stereocenters. The molecule has 3 rings (SSSR count). The van der Waals surface area contributed by atoms with Gasteiger partial charge in [0.25, 0.3) is 0 Å². The van der Waals surface area contributed by atoms with Gasteiger partial charge in [-0.2, -0.15) is 0 Å². The quantitative estimate of drug-likeness (QED) is 0.771. The Morgan fingerprint density at radius 2 is 1.43 bits per heavy atom. The van der Waals surface area contributed by atoms with Gasteiger partial charge in [-0.3, -0.25) is 0 Å². The second kappa shape index (κ2) is 8.25. The Balaban J connectivity index is 1.29. The molecule has 1 aliphatic carbocycles. The van der Waals surface area contributed by atoms with E-state index in [9.17, 15) is 5.11 Å². The molecule has 0 aliphatic heterocycles. The van der Waals surface area contributed by atoms with Gasteiger partial charge in [0.15, 0.2) is 0 Å². The molecule has 1 saturated carbocycles. The van der Waals surface area contributed by atoms with Crippen LogP contribution in [0.4, 0.5) is 0 Å². The van der Waals surface area contributed by atoms with Gasteiger partial charge in [-0.05, 0) is 29.4 Å². The third kappa shape index (κ3) is 5.17. The van der Waals surface area contributed by atoms with Crippen molar-refractivity contribution in [2.45, 2.75) is 25.7 Å². The standard InChI is InChI=1S/C20H24O3/c21-20(15-23-13-17-9-5-2-6-10-17)19-11-18(19)14-22-12-16-7-3-1-4-8-16/h1-10,18-21H,11-15H2/t18-,19+,20?/m0/s1. The number of aliphatic hydroxyl groups is 1. The van der Waals surface area contributed by atoms with E-state index in [1.807, 2.05) is 48.5 Å². The molecule has 1 unspecified atom stereocenters. The van der Waals surface area contributed by atoms with Gasteiger partial charge in [0.1, 0.15) is 0 Å². The first kappa shape index (κ1) is 16.2. The summed E-state index contributed by atoms with van der Waals surface area (Å²) < 4.78 is 11.4. The molecular formula is C20H24O3. The molecule has 3 heteroatoms. The number of hydrogen-bond donors (Lipinski definition) is 1. The van der Waals surface area contributed by atoms with E-state index >= 15 is 0 Å². The van der Waals surface area contributed by atoms with Crippen LogP contribution in [0.3, 0.4) is 0 Å². The van der Waals surface area contributed by atoms with Gasteiger partial charge in [-0.1, -0.05) is 60.7 Å². The Morgan fingerprint density at radius 3 is 2.04 bits per heavy atom. The minimum absolute atomic E-state index is 0.321. The topological polar surface area (TPSA) is 38.7 Å². The smallest absolute Gasteiger partial charge is 0.0805 e. The summed E-state index contributed by atoms with van der Waals surface area (Å²) in [7, 11) is 0. The van der Waals surface area contributed by atoms with E-state index in [1.165, 1.54) is 5.56 Å². The zero-order valence-corrected chi connectivity index (χ0v) is 13.3. The van der Waals surface area contributed by atoms with Crippen molar-refractivity contribution in [2.75, 3.05) is 13.2 Å². The van der Waals surface area contributed by atoms with Crippen LogP contribution in [0.2, 0.25) is 0 Å². The fourth-order valence-electron chi connectivity index (χ4n) is 2.83. The Morgan fingerprint density at radius 1 is 0.870 bits per heavy atom. The van der Waals surface area contributed by atoms with Crippen molar-refractivity contribution in [1.29, 1.82) is 0 Å². The molecule has 23 heavy (non-hydrogen) atoms. The van der Waals surface area contributed by atoms with Crippen molar-refractivity contribution in [2.24, 2.45) is 11.8 Å². The van der Waals surface area contributed by atoms with Gasteiger partial charge in [0.05, 0.1) is 32.5 Å². The number of rotatable bonds is 9. The van der Waals surface area contributed by atoms with Crippen LogP contribution in [0, 0.1) is 11.8 Å². The van der Waals surface area contributed by atoms with Gasteiger partial charge >= 0.3 is 0 Å². The molecule has 2 aromatic rings. The third-order valence-electron chi connectivity index (χ3n) is 4.32. The number of ether oxygens (including phenoxy) is 2. The molecule has 122 valence electrons. The van der Waals surface area contributed by atoms with Crippen LogP contribution in [0.25, 0.3) is 0 Å². The van der Waals surface area contributed by atoms with E-state index in [4.69, 9.17) is 9.47 Å². The first-order chi connectivity index (χ1) is 11.3. The minimum atomic E-state index is -0.385. The molecule has 0 saturated heterocycles. The monoisotopic (exact) mass is 312 g/mol. The first-order valence-corrected chi connectivity index (χ1v) is 8.24. The van der Waals surface area contributed by atoms with Gasteiger partial charge < -0.3 is 14.6 Å². The second-order valence-electron chi connectivity index (χ2n) is 6.23. The van der Waals surface area contributed by atoms with Gasteiger partial charge in [0.2, 0.25) is 0 Å². The normalized spacial score (nSPS) is 21.1. The molecule has 0 radical (unpaired) electrons. The summed E-state index contributed by atoms with van der Waals surface area (Å²) in [5.41, 5.74) is 2.33. The SMILES string of the molecule is OC(COCc1ccccc1)[C@@H]1C[C@H]1COCc1ccccc1. The minimum Gasteiger partial charge on any atom is -0.390 e. The van der Waals surface area contributed by atoms with E-state index in [2.05, 4.69) is 12.1 Å². The largest absolute Gasteiger partial charge is 0.390 e. The van der Waals surface area contributed by atoms with Crippen LogP contribution >= 0.6 is 0 Å². The third-order valence-corrected chi connectivity index (χ3v) is 4.32. The average molecular weight is 312 g/mol. The summed E-state index contributed by atoms with van der Waals surface area (Å²) in [6.45, 7) is 2.31. The van der Waals surface area contributed by atoms with Crippen LogP contribution < -0.4 is 0 Å². The molecule has 0 amide bonds. The molecule has 0 bridgehead atoms. The highest BCUT2D eigenvalue weighted by Crippen LogP contribution is 2.41. The van der Waals surface area contributed by atoms with Crippen molar-refractivity contribution < 1.29 is 14.6 Å². The van der Waals surface area contributed by atoms with Crippen LogP contribution in [0.5, 0.6) is 0 Å². The number of benzene rings is 2. The first-order valence-electron chi connectivity index (χ1n) is 8.24. The van der Waals surface area contributed by atoms with Gasteiger partial charge in [0, 0.05) is 0 Å². The fourth-order valence-corrected chi connectivity index (χ4v) is 2.83. The van der Waals surface area contributed by atoms with E-state index in [-0.39, 0.29) is 6.10 Å². The Kier molecular flexibility index (Phi) is 5.81. The maximum atomic E-state index is 10.2. The molecule has 2 aromatic carbocycles. The van der Waals surface area contributed by atoms with Crippen molar-refractivity contribution in [3.05, 3.63) is 71.8 Å². The van der Waals surface area contributed by atoms with Crippen molar-refractivity contribution in [1.82, 2.24) is 0 Å². The molecule has 0 spiro atoms. The van der Waals surface area contributed by atoms with E-state index in [1.54, 1.807) is 0 Å². The highest BCUT2D eigenvalue weighted by atomic mass is 16.5. The lowest BCUT2D eigenvalue weighted by Crippen LogP contribution is -2.19. The molecule has 3 nitrogen and oxygen atoms in total. The van der Waals surface area contributed by atoms with E-state index in [0.717, 1.165) is 18.6 Å². The maximum absolute atomic E-state index is 10.2. The van der Waals surface area contributed by atoms with Crippen molar-refractivity contribution in [3.8, 4) is 0 Å². The molecule has 1 fully saturated rings. The number of aliphatic hydroxyl groups excluding tert-OH is 1. The van der Waals surface area contributed by atoms with Crippen LogP contribution in [-0.4, -0.2) is 24.4 Å². The molecule has 1 N–H and O–H groups in total. The predicted octanol–water partition coefficient (Wildman–Crippen LogP) is 3.42. The summed E-state index contributed by atoms with van der Waals surface area (Å²) in [5.74, 6) is 0.788. The lowest BCUT2D eigenvalue weighted by Gasteiger charge is -2.11. The summed E-state index contributed by atoms with van der Waals surface area (Å²) in [4.78, 5) is 0. The van der Waals surface area contributed by atoms with Crippen LogP contribution in [0.1, 0.15) is 17.5 Å². The fraction of sp³-hybridized carbons (Fsp3) is 0.400. The van der Waals surface area contributed by atoms with Crippen LogP contribution in [-0.2, 0) is 22.7 Å². The van der Waals surface area contributed by atoms with E-state index < -0.39 is 0 Å². The lowest BCUT2D eigenvalue weighted by atomic mass is 10.2. The molecular weight excluding hydrogens is 288 g/mol. The maximum Gasteiger partial charge on any atom is 0.0805 e. The Hall–Kier alpha value is -1.68. The molecule has 1 aliphatic rings. The Labute approximate surface area is 137 Å². The highest BCUT2D eigenvalue weighted by molar-refractivity contribution is 5.14. The predicted molar refractivity (Wildman–Crippen MR) is 89.8 cm³/mol. The van der Waals surface area contributed by atoms with Crippen LogP contribution in [0.15, 0.2) is 60.7 Å².